The van der Waals surface area contributed by atoms with Gasteiger partial charge in [0.2, 0.25) is 0 Å². The smallest absolute Gasteiger partial charge is 0.143 e. The standard InChI is InChI=1S/C36H22O/c1-2-9-23(10-3-1)24-18-20-35-34(21-24)32-16-8-15-26(36(32)37-35)25-17-19-31-29-13-5-4-11-27(29)28-12-6-7-14-30(28)33(31)22-25/h1-22H. The molecule has 8 rings (SSSR count). The lowest BCUT2D eigenvalue weighted by Gasteiger charge is -2.12. The van der Waals surface area contributed by atoms with Gasteiger partial charge in [-0.15, -0.1) is 0 Å². The molecular weight excluding hydrogens is 448 g/mol. The second-order valence-electron chi connectivity index (χ2n) is 9.71. The first-order chi connectivity index (χ1) is 18.3. The van der Waals surface area contributed by atoms with Gasteiger partial charge in [-0.25, -0.2) is 0 Å². The normalized spacial score (nSPS) is 11.8. The van der Waals surface area contributed by atoms with E-state index in [4.69, 9.17) is 4.42 Å². The molecule has 0 saturated carbocycles. The molecule has 8 aromatic rings. The molecule has 0 unspecified atom stereocenters. The number of rotatable bonds is 2. The minimum absolute atomic E-state index is 0.916. The maximum absolute atomic E-state index is 6.50. The highest BCUT2D eigenvalue weighted by atomic mass is 16.3. The van der Waals surface area contributed by atoms with Gasteiger partial charge in [-0.1, -0.05) is 115 Å². The first kappa shape index (κ1) is 20.3. The van der Waals surface area contributed by atoms with Crippen LogP contribution in [-0.2, 0) is 0 Å². The third kappa shape index (κ3) is 3.04. The van der Waals surface area contributed by atoms with Gasteiger partial charge >= 0.3 is 0 Å². The number of furan rings is 1. The number of fused-ring (bicyclic) bond motifs is 9. The van der Waals surface area contributed by atoms with Crippen LogP contribution in [0.3, 0.4) is 0 Å². The molecule has 0 atom stereocenters. The lowest BCUT2D eigenvalue weighted by atomic mass is 9.92. The molecule has 0 saturated heterocycles. The summed E-state index contributed by atoms with van der Waals surface area (Å²) < 4.78 is 6.50. The third-order valence-electron chi connectivity index (χ3n) is 7.66. The van der Waals surface area contributed by atoms with Gasteiger partial charge in [0, 0.05) is 16.3 Å². The van der Waals surface area contributed by atoms with Crippen molar-refractivity contribution in [2.24, 2.45) is 0 Å². The molecule has 0 aliphatic heterocycles. The zero-order valence-electron chi connectivity index (χ0n) is 20.1. The van der Waals surface area contributed by atoms with Crippen molar-refractivity contribution in [1.82, 2.24) is 0 Å². The lowest BCUT2D eigenvalue weighted by Crippen LogP contribution is -1.85. The van der Waals surface area contributed by atoms with Crippen molar-refractivity contribution in [2.75, 3.05) is 0 Å². The number of benzene rings is 7. The maximum atomic E-state index is 6.50. The summed E-state index contributed by atoms with van der Waals surface area (Å²) in [6.07, 6.45) is 0. The van der Waals surface area contributed by atoms with Crippen molar-refractivity contribution < 1.29 is 4.42 Å². The molecule has 0 aliphatic carbocycles. The van der Waals surface area contributed by atoms with Crippen LogP contribution in [0.1, 0.15) is 0 Å². The molecule has 0 N–H and O–H groups in total. The molecule has 0 amide bonds. The van der Waals surface area contributed by atoms with E-state index in [0.29, 0.717) is 0 Å². The molecular formula is C36H22O. The second kappa shape index (κ2) is 7.81. The van der Waals surface area contributed by atoms with Crippen LogP contribution in [-0.4, -0.2) is 0 Å². The Morgan fingerprint density at radius 2 is 0.892 bits per heavy atom. The van der Waals surface area contributed by atoms with Crippen molar-refractivity contribution in [3.8, 4) is 22.3 Å². The SMILES string of the molecule is c1ccc(-c2ccc3oc4c(-c5ccc6c7ccccc7c7ccccc7c6c5)cccc4c3c2)cc1. The van der Waals surface area contributed by atoms with Gasteiger partial charge in [-0.2, -0.15) is 0 Å². The largest absolute Gasteiger partial charge is 0.455 e. The van der Waals surface area contributed by atoms with Crippen molar-refractivity contribution in [2.45, 2.75) is 0 Å². The highest BCUT2D eigenvalue weighted by Crippen LogP contribution is 2.40. The van der Waals surface area contributed by atoms with Gasteiger partial charge in [0.15, 0.2) is 0 Å². The van der Waals surface area contributed by atoms with E-state index in [1.54, 1.807) is 0 Å². The summed E-state index contributed by atoms with van der Waals surface area (Å²) in [5.74, 6) is 0. The summed E-state index contributed by atoms with van der Waals surface area (Å²) in [6, 6.07) is 47.8. The summed E-state index contributed by atoms with van der Waals surface area (Å²) in [6.45, 7) is 0. The number of para-hydroxylation sites is 1. The third-order valence-corrected chi connectivity index (χ3v) is 7.66. The molecule has 7 aromatic carbocycles. The van der Waals surface area contributed by atoms with E-state index in [1.807, 2.05) is 0 Å². The van der Waals surface area contributed by atoms with Crippen LogP contribution < -0.4 is 0 Å². The van der Waals surface area contributed by atoms with Crippen molar-refractivity contribution in [3.05, 3.63) is 133 Å². The summed E-state index contributed by atoms with van der Waals surface area (Å²) in [5, 5.41) is 10.0. The average molecular weight is 471 g/mol. The monoisotopic (exact) mass is 470 g/mol. The molecule has 0 aliphatic rings. The van der Waals surface area contributed by atoms with E-state index in [2.05, 4.69) is 133 Å². The zero-order valence-corrected chi connectivity index (χ0v) is 20.1. The van der Waals surface area contributed by atoms with E-state index in [-0.39, 0.29) is 0 Å². The van der Waals surface area contributed by atoms with Gasteiger partial charge in [0.25, 0.3) is 0 Å². The molecule has 1 heteroatoms. The molecule has 0 fully saturated rings. The fourth-order valence-corrected chi connectivity index (χ4v) is 5.91. The Bertz CT molecular complexity index is 2100. The van der Waals surface area contributed by atoms with Crippen LogP contribution in [0, 0.1) is 0 Å². The molecule has 37 heavy (non-hydrogen) atoms. The maximum Gasteiger partial charge on any atom is 0.143 e. The Hall–Kier alpha value is -4.88. The van der Waals surface area contributed by atoms with Crippen LogP contribution in [0.5, 0.6) is 0 Å². The van der Waals surface area contributed by atoms with E-state index in [1.165, 1.54) is 49.0 Å². The minimum Gasteiger partial charge on any atom is -0.455 e. The fourth-order valence-electron chi connectivity index (χ4n) is 5.91. The predicted molar refractivity (Wildman–Crippen MR) is 157 cm³/mol. The second-order valence-corrected chi connectivity index (χ2v) is 9.71. The lowest BCUT2D eigenvalue weighted by molar-refractivity contribution is 0.670. The van der Waals surface area contributed by atoms with Gasteiger partial charge < -0.3 is 4.42 Å². The fraction of sp³-hybridized carbons (Fsp3) is 0. The molecule has 172 valence electrons. The Balaban J connectivity index is 1.39. The molecule has 1 heterocycles. The van der Waals surface area contributed by atoms with Crippen LogP contribution >= 0.6 is 0 Å². The zero-order chi connectivity index (χ0) is 24.3. The van der Waals surface area contributed by atoms with Crippen molar-refractivity contribution in [1.29, 1.82) is 0 Å². The first-order valence-electron chi connectivity index (χ1n) is 12.7. The Kier molecular flexibility index (Phi) is 4.29. The molecule has 0 bridgehead atoms. The number of hydrogen-bond donors (Lipinski definition) is 0. The van der Waals surface area contributed by atoms with E-state index in [0.717, 1.165) is 27.5 Å². The summed E-state index contributed by atoms with van der Waals surface area (Å²) in [7, 11) is 0. The quantitative estimate of drug-likeness (QED) is 0.229. The molecule has 0 spiro atoms. The average Bonchev–Trinajstić information content (AvgIpc) is 3.36. The van der Waals surface area contributed by atoms with Crippen LogP contribution in [0.2, 0.25) is 0 Å². The van der Waals surface area contributed by atoms with Crippen molar-refractivity contribution in [3.63, 3.8) is 0 Å². The first-order valence-corrected chi connectivity index (χ1v) is 12.7. The van der Waals surface area contributed by atoms with E-state index in [9.17, 15) is 0 Å². The van der Waals surface area contributed by atoms with Crippen LogP contribution in [0.25, 0.3) is 76.5 Å². The minimum atomic E-state index is 0.916. The molecule has 1 nitrogen and oxygen atoms in total. The Morgan fingerprint density at radius 3 is 1.62 bits per heavy atom. The molecule has 0 radical (unpaired) electrons. The van der Waals surface area contributed by atoms with E-state index >= 15 is 0 Å². The Labute approximate surface area is 214 Å². The van der Waals surface area contributed by atoms with Gasteiger partial charge in [-0.3, -0.25) is 0 Å². The van der Waals surface area contributed by atoms with Gasteiger partial charge in [-0.05, 0) is 67.2 Å². The topological polar surface area (TPSA) is 13.1 Å². The van der Waals surface area contributed by atoms with Gasteiger partial charge in [0.1, 0.15) is 11.2 Å². The summed E-state index contributed by atoms with van der Waals surface area (Å²) in [4.78, 5) is 0. The number of hydrogen-bond acceptors (Lipinski definition) is 1. The Morgan fingerprint density at radius 1 is 0.324 bits per heavy atom. The predicted octanol–water partition coefficient (Wildman–Crippen LogP) is 10.4. The summed E-state index contributed by atoms with van der Waals surface area (Å²) in [5.41, 5.74) is 6.55. The highest BCUT2D eigenvalue weighted by Gasteiger charge is 2.15. The highest BCUT2D eigenvalue weighted by molar-refractivity contribution is 6.26. The van der Waals surface area contributed by atoms with E-state index < -0.39 is 0 Å². The summed E-state index contributed by atoms with van der Waals surface area (Å²) >= 11 is 0. The van der Waals surface area contributed by atoms with Gasteiger partial charge in [0.05, 0.1) is 0 Å². The van der Waals surface area contributed by atoms with Crippen LogP contribution in [0.4, 0.5) is 0 Å². The van der Waals surface area contributed by atoms with Crippen LogP contribution in [0.15, 0.2) is 138 Å². The van der Waals surface area contributed by atoms with Crippen molar-refractivity contribution >= 4 is 54.3 Å². The molecule has 1 aromatic heterocycles.